The molecule has 0 saturated heterocycles. The van der Waals surface area contributed by atoms with E-state index in [4.69, 9.17) is 15.6 Å². The van der Waals surface area contributed by atoms with E-state index in [0.29, 0.717) is 11.9 Å². The van der Waals surface area contributed by atoms with Gasteiger partial charge in [-0.1, -0.05) is 0 Å². The lowest BCUT2D eigenvalue weighted by Crippen LogP contribution is -2.47. The van der Waals surface area contributed by atoms with E-state index in [1.54, 1.807) is 5.43 Å². The van der Waals surface area contributed by atoms with Crippen molar-refractivity contribution in [3.05, 3.63) is 31.3 Å². The standard InChI is InChI=1S/C16H20F3N5O6S/c1-7-9(6-23(13(20)26)21-14(27)28)31-12-10(7)11(25)24(8(2)16(17,18)19)15(29)22(12)4-5-30-3/h8,21H,4-6H2,1-3H3,(H2,20,26)(H,27,28). The molecule has 0 saturated carbocycles. The number of carboxylic acid groups (broad SMARTS) is 1. The summed E-state index contributed by atoms with van der Waals surface area (Å²) in [5.74, 6) is 0. The average Bonchev–Trinajstić information content (AvgIpc) is 2.96. The lowest BCUT2D eigenvalue weighted by molar-refractivity contribution is -0.164. The van der Waals surface area contributed by atoms with Crippen molar-refractivity contribution in [1.82, 2.24) is 19.6 Å². The van der Waals surface area contributed by atoms with Gasteiger partial charge in [-0.3, -0.25) is 9.36 Å². The van der Waals surface area contributed by atoms with Gasteiger partial charge in [0.25, 0.3) is 5.56 Å². The molecule has 11 nitrogen and oxygen atoms in total. The average molecular weight is 467 g/mol. The molecule has 0 radical (unpaired) electrons. The van der Waals surface area contributed by atoms with E-state index in [1.165, 1.54) is 14.0 Å². The number of amides is 3. The van der Waals surface area contributed by atoms with Crippen LogP contribution in [0.3, 0.4) is 0 Å². The number of halogens is 3. The third-order valence-corrected chi connectivity index (χ3v) is 5.82. The molecule has 0 fully saturated rings. The zero-order valence-corrected chi connectivity index (χ0v) is 17.5. The summed E-state index contributed by atoms with van der Waals surface area (Å²) >= 11 is 0.860. The Labute approximate surface area is 176 Å². The Morgan fingerprint density at radius 3 is 2.45 bits per heavy atom. The number of aromatic nitrogens is 2. The van der Waals surface area contributed by atoms with Gasteiger partial charge in [0, 0.05) is 12.0 Å². The SMILES string of the molecule is COCCn1c(=O)n(C(C)C(F)(F)F)c(=O)c2c(C)c(CN(NC(=O)O)C(N)=O)sc21. The van der Waals surface area contributed by atoms with Crippen molar-refractivity contribution in [1.29, 1.82) is 0 Å². The van der Waals surface area contributed by atoms with E-state index >= 15 is 0 Å². The topological polar surface area (TPSA) is 149 Å². The molecule has 2 aromatic heterocycles. The van der Waals surface area contributed by atoms with Crippen LogP contribution in [0, 0.1) is 6.92 Å². The van der Waals surface area contributed by atoms with Crippen molar-refractivity contribution in [3.63, 3.8) is 0 Å². The number of ether oxygens (including phenoxy) is 1. The van der Waals surface area contributed by atoms with Gasteiger partial charge in [0.15, 0.2) is 0 Å². The molecule has 0 aliphatic rings. The summed E-state index contributed by atoms with van der Waals surface area (Å²) in [6.07, 6.45) is -6.42. The molecule has 15 heteroatoms. The van der Waals surface area contributed by atoms with Crippen LogP contribution in [0.25, 0.3) is 10.2 Å². The lowest BCUT2D eigenvalue weighted by atomic mass is 10.2. The Bertz CT molecular complexity index is 1120. The second-order valence-electron chi connectivity index (χ2n) is 6.49. The Balaban J connectivity index is 2.79. The first kappa shape index (κ1) is 24.2. The molecule has 31 heavy (non-hydrogen) atoms. The molecule has 1 atom stereocenters. The number of hydrogen-bond acceptors (Lipinski definition) is 6. The van der Waals surface area contributed by atoms with E-state index < -0.39 is 42.1 Å². The number of nitrogens with two attached hydrogens (primary N) is 1. The van der Waals surface area contributed by atoms with Crippen LogP contribution >= 0.6 is 11.3 Å². The summed E-state index contributed by atoms with van der Waals surface area (Å²) in [5, 5.41) is 9.24. The summed E-state index contributed by atoms with van der Waals surface area (Å²) in [6, 6.07) is -3.52. The highest BCUT2D eigenvalue weighted by Gasteiger charge is 2.40. The van der Waals surface area contributed by atoms with Crippen molar-refractivity contribution in [2.45, 2.75) is 39.2 Å². The number of carbonyl (C=O) groups is 2. The number of fused-ring (bicyclic) bond motifs is 1. The van der Waals surface area contributed by atoms with Crippen molar-refractivity contribution in [2.24, 2.45) is 5.73 Å². The molecule has 2 aromatic rings. The Kier molecular flexibility index (Phi) is 7.00. The lowest BCUT2D eigenvalue weighted by Gasteiger charge is -2.19. The highest BCUT2D eigenvalue weighted by Crippen LogP contribution is 2.31. The largest absolute Gasteiger partial charge is 0.464 e. The van der Waals surface area contributed by atoms with Crippen LogP contribution in [0.15, 0.2) is 9.59 Å². The Hall–Kier alpha value is -3.07. The quantitative estimate of drug-likeness (QED) is 0.547. The highest BCUT2D eigenvalue weighted by molar-refractivity contribution is 7.18. The minimum atomic E-state index is -4.85. The van der Waals surface area contributed by atoms with E-state index in [2.05, 4.69) is 0 Å². The van der Waals surface area contributed by atoms with Crippen LogP contribution in [0.1, 0.15) is 23.4 Å². The van der Waals surface area contributed by atoms with Crippen molar-refractivity contribution in [3.8, 4) is 0 Å². The van der Waals surface area contributed by atoms with Crippen molar-refractivity contribution >= 4 is 33.7 Å². The number of rotatable bonds is 6. The molecular weight excluding hydrogens is 447 g/mol. The predicted octanol–water partition coefficient (Wildman–Crippen LogP) is 1.37. The number of hydrogen-bond donors (Lipinski definition) is 3. The maximum atomic E-state index is 13.3. The Morgan fingerprint density at radius 1 is 1.35 bits per heavy atom. The van der Waals surface area contributed by atoms with Crippen molar-refractivity contribution in [2.75, 3.05) is 13.7 Å². The monoisotopic (exact) mass is 467 g/mol. The smallest absolute Gasteiger partial charge is 0.423 e. The predicted molar refractivity (Wildman–Crippen MR) is 104 cm³/mol. The summed E-state index contributed by atoms with van der Waals surface area (Å²) < 4.78 is 46.0. The van der Waals surface area contributed by atoms with E-state index in [0.717, 1.165) is 15.9 Å². The van der Waals surface area contributed by atoms with Crippen LogP contribution in [-0.2, 0) is 17.8 Å². The van der Waals surface area contributed by atoms with Gasteiger partial charge in [0.1, 0.15) is 10.9 Å². The first-order valence-electron chi connectivity index (χ1n) is 8.70. The zero-order chi connectivity index (χ0) is 23.7. The summed E-state index contributed by atoms with van der Waals surface area (Å²) in [5.41, 5.74) is 4.81. The molecule has 0 aliphatic carbocycles. The van der Waals surface area contributed by atoms with Gasteiger partial charge >= 0.3 is 24.0 Å². The van der Waals surface area contributed by atoms with Crippen LogP contribution in [-0.4, -0.2) is 51.3 Å². The van der Waals surface area contributed by atoms with Gasteiger partial charge in [0.05, 0.1) is 25.1 Å². The number of alkyl halides is 3. The molecule has 0 spiro atoms. The number of methoxy groups -OCH3 is 1. The first-order valence-corrected chi connectivity index (χ1v) is 9.52. The van der Waals surface area contributed by atoms with Gasteiger partial charge in [0.2, 0.25) is 0 Å². The molecule has 0 aliphatic heterocycles. The third kappa shape index (κ3) is 4.82. The molecule has 0 aromatic carbocycles. The molecule has 4 N–H and O–H groups in total. The summed E-state index contributed by atoms with van der Waals surface area (Å²) in [4.78, 5) is 48.4. The Morgan fingerprint density at radius 2 is 1.97 bits per heavy atom. The first-order chi connectivity index (χ1) is 14.3. The summed E-state index contributed by atoms with van der Waals surface area (Å²) in [6.45, 7) is 1.56. The number of primary amides is 1. The van der Waals surface area contributed by atoms with Crippen LogP contribution in [0.4, 0.5) is 22.8 Å². The second kappa shape index (κ2) is 8.97. The van der Waals surface area contributed by atoms with Gasteiger partial charge in [-0.25, -0.2) is 29.4 Å². The third-order valence-electron chi connectivity index (χ3n) is 4.52. The number of hydrazine groups is 1. The van der Waals surface area contributed by atoms with E-state index in [-0.39, 0.29) is 38.4 Å². The molecule has 172 valence electrons. The van der Waals surface area contributed by atoms with E-state index in [9.17, 15) is 32.3 Å². The van der Waals surface area contributed by atoms with Crippen LogP contribution in [0.2, 0.25) is 0 Å². The molecular formula is C16H20F3N5O6S. The van der Waals surface area contributed by atoms with Gasteiger partial charge in [-0.2, -0.15) is 13.2 Å². The number of thiophene rings is 1. The molecule has 3 amide bonds. The fourth-order valence-electron chi connectivity index (χ4n) is 2.86. The van der Waals surface area contributed by atoms with Gasteiger partial charge in [-0.05, 0) is 19.4 Å². The minimum absolute atomic E-state index is 0.0200. The van der Waals surface area contributed by atoms with Crippen LogP contribution in [0.5, 0.6) is 0 Å². The summed E-state index contributed by atoms with van der Waals surface area (Å²) in [7, 11) is 1.34. The number of nitrogens with one attached hydrogen (secondary N) is 1. The maximum absolute atomic E-state index is 13.3. The van der Waals surface area contributed by atoms with Gasteiger partial charge in [-0.15, -0.1) is 11.3 Å². The zero-order valence-electron chi connectivity index (χ0n) is 16.6. The number of carbonyl (C=O) groups excluding carboxylic acids is 1. The number of aryl methyl sites for hydroxylation is 1. The molecule has 0 bridgehead atoms. The second-order valence-corrected chi connectivity index (χ2v) is 7.58. The molecule has 1 unspecified atom stereocenters. The molecule has 2 rings (SSSR count). The normalized spacial score (nSPS) is 12.7. The number of nitrogens with zero attached hydrogens (tertiary/aromatic N) is 3. The molecule has 2 heterocycles. The fourth-order valence-corrected chi connectivity index (χ4v) is 4.16. The van der Waals surface area contributed by atoms with Crippen molar-refractivity contribution < 1.29 is 32.6 Å². The minimum Gasteiger partial charge on any atom is -0.464 e. The van der Waals surface area contributed by atoms with E-state index in [1.807, 2.05) is 0 Å². The highest BCUT2D eigenvalue weighted by atomic mass is 32.1. The van der Waals surface area contributed by atoms with Gasteiger partial charge < -0.3 is 15.6 Å². The fraction of sp³-hybridized carbons (Fsp3) is 0.500. The maximum Gasteiger partial charge on any atom is 0.423 e. The van der Waals surface area contributed by atoms with Crippen LogP contribution < -0.4 is 22.4 Å². The number of urea groups is 1.